The fourth-order valence-corrected chi connectivity index (χ4v) is 5.47. The SMILES string of the molecule is CO/N=C(\C(=O)O)c1csc(NC(=O)Cn2c(-c3cccs3)cc(-c3cccs3)cc2=S)n1. The molecular weight excluding hydrogens is 501 g/mol. The predicted octanol–water partition coefficient (Wildman–Crippen LogP) is 5.20. The van der Waals surface area contributed by atoms with E-state index in [9.17, 15) is 14.7 Å². The lowest BCUT2D eigenvalue weighted by Crippen LogP contribution is -2.21. The van der Waals surface area contributed by atoms with E-state index in [0.29, 0.717) is 4.64 Å². The Labute approximate surface area is 205 Å². The third-order valence-corrected chi connectivity index (χ3v) is 7.29. The lowest BCUT2D eigenvalue weighted by Gasteiger charge is -2.14. The van der Waals surface area contributed by atoms with Crippen LogP contribution in [0.15, 0.2) is 57.7 Å². The van der Waals surface area contributed by atoms with Gasteiger partial charge in [-0.2, -0.15) is 0 Å². The van der Waals surface area contributed by atoms with Gasteiger partial charge in [-0.3, -0.25) is 4.79 Å². The van der Waals surface area contributed by atoms with E-state index in [0.717, 1.165) is 32.3 Å². The first-order valence-electron chi connectivity index (χ1n) is 9.39. The summed E-state index contributed by atoms with van der Waals surface area (Å²) in [6.45, 7) is -0.0242. The summed E-state index contributed by atoms with van der Waals surface area (Å²) in [6, 6.07) is 11.9. The molecule has 33 heavy (non-hydrogen) atoms. The molecule has 1 amide bonds. The molecule has 0 bridgehead atoms. The van der Waals surface area contributed by atoms with Gasteiger partial charge < -0.3 is 19.8 Å². The largest absolute Gasteiger partial charge is 0.476 e. The standard InChI is InChI=1S/C21H16N4O4S4/c1-29-24-19(20(27)28)13-11-33-21(22-13)23-17(26)10-25-14(16-5-3-7-32-16)8-12(9-18(25)30)15-4-2-6-31-15/h2-9,11H,10H2,1H3,(H,27,28)(H,22,23,26)/b24-19-. The van der Waals surface area contributed by atoms with Crippen LogP contribution in [0.5, 0.6) is 0 Å². The lowest BCUT2D eigenvalue weighted by molar-refractivity contribution is -0.129. The van der Waals surface area contributed by atoms with Crippen molar-refractivity contribution in [2.75, 3.05) is 12.4 Å². The Balaban J connectivity index is 1.60. The zero-order valence-electron chi connectivity index (χ0n) is 17.0. The van der Waals surface area contributed by atoms with Crippen LogP contribution >= 0.6 is 46.2 Å². The topological polar surface area (TPSA) is 106 Å². The maximum atomic E-state index is 12.8. The number of carbonyl (C=O) groups is 2. The van der Waals surface area contributed by atoms with Gasteiger partial charge in [-0.05, 0) is 40.6 Å². The molecule has 0 fully saturated rings. The van der Waals surface area contributed by atoms with Crippen LogP contribution in [0.4, 0.5) is 5.13 Å². The van der Waals surface area contributed by atoms with Crippen molar-refractivity contribution in [3.63, 3.8) is 0 Å². The Kier molecular flexibility index (Phi) is 7.08. The van der Waals surface area contributed by atoms with Crippen molar-refractivity contribution in [1.82, 2.24) is 9.55 Å². The number of nitrogens with zero attached hydrogens (tertiary/aromatic N) is 3. The number of thiazole rings is 1. The Morgan fingerprint density at radius 3 is 2.55 bits per heavy atom. The van der Waals surface area contributed by atoms with Crippen LogP contribution in [0.25, 0.3) is 21.0 Å². The number of rotatable bonds is 8. The zero-order chi connectivity index (χ0) is 23.4. The molecule has 168 valence electrons. The molecule has 0 saturated carbocycles. The predicted molar refractivity (Wildman–Crippen MR) is 134 cm³/mol. The number of carboxylic acid groups (broad SMARTS) is 1. The number of thiophene rings is 2. The average Bonchev–Trinajstić information content (AvgIpc) is 3.55. The van der Waals surface area contributed by atoms with E-state index in [2.05, 4.69) is 20.3 Å². The maximum absolute atomic E-state index is 12.8. The summed E-state index contributed by atoms with van der Waals surface area (Å²) in [7, 11) is 1.25. The van der Waals surface area contributed by atoms with Crippen LogP contribution in [0.2, 0.25) is 0 Å². The van der Waals surface area contributed by atoms with Crippen molar-refractivity contribution < 1.29 is 19.5 Å². The number of nitrogens with one attached hydrogen (secondary N) is 1. The molecule has 4 rings (SSSR count). The highest BCUT2D eigenvalue weighted by molar-refractivity contribution is 7.71. The van der Waals surface area contributed by atoms with Crippen LogP contribution in [-0.4, -0.2) is 39.4 Å². The molecule has 0 spiro atoms. The minimum absolute atomic E-state index is 0.0242. The van der Waals surface area contributed by atoms with Gasteiger partial charge in [0.2, 0.25) is 11.6 Å². The van der Waals surface area contributed by atoms with E-state index < -0.39 is 5.97 Å². The van der Waals surface area contributed by atoms with Gasteiger partial charge in [-0.1, -0.05) is 29.5 Å². The molecule has 4 aromatic heterocycles. The van der Waals surface area contributed by atoms with Crippen molar-refractivity contribution in [2.45, 2.75) is 6.54 Å². The first-order chi connectivity index (χ1) is 16.0. The number of hydrogen-bond donors (Lipinski definition) is 2. The smallest absolute Gasteiger partial charge is 0.360 e. The lowest BCUT2D eigenvalue weighted by atomic mass is 10.1. The average molecular weight is 517 g/mol. The minimum atomic E-state index is -1.28. The number of aromatic nitrogens is 2. The Hall–Kier alpha value is -3.19. The number of carboxylic acids is 1. The van der Waals surface area contributed by atoms with Crippen LogP contribution < -0.4 is 5.32 Å². The second-order valence-electron chi connectivity index (χ2n) is 6.52. The Morgan fingerprint density at radius 1 is 1.18 bits per heavy atom. The maximum Gasteiger partial charge on any atom is 0.360 e. The normalized spacial score (nSPS) is 11.4. The first kappa shape index (κ1) is 23.0. The molecule has 0 aliphatic heterocycles. The van der Waals surface area contributed by atoms with Crippen LogP contribution in [0.3, 0.4) is 0 Å². The number of aliphatic carboxylic acids is 1. The summed E-state index contributed by atoms with van der Waals surface area (Å²) in [6.07, 6.45) is 0. The molecule has 0 atom stereocenters. The first-order valence-corrected chi connectivity index (χ1v) is 12.4. The fourth-order valence-electron chi connectivity index (χ4n) is 3.00. The monoisotopic (exact) mass is 516 g/mol. The molecule has 0 radical (unpaired) electrons. The highest BCUT2D eigenvalue weighted by Gasteiger charge is 2.19. The summed E-state index contributed by atoms with van der Waals surface area (Å²) >= 11 is 9.92. The number of anilines is 1. The summed E-state index contributed by atoms with van der Waals surface area (Å²) in [5.74, 6) is -1.62. The van der Waals surface area contributed by atoms with Crippen molar-refractivity contribution >= 4 is 68.9 Å². The molecule has 2 N–H and O–H groups in total. The third-order valence-electron chi connectivity index (χ3n) is 4.39. The van der Waals surface area contributed by atoms with E-state index in [4.69, 9.17) is 12.2 Å². The van der Waals surface area contributed by atoms with Crippen LogP contribution in [0, 0.1) is 4.64 Å². The fraction of sp³-hybridized carbons (Fsp3) is 0.0952. The van der Waals surface area contributed by atoms with E-state index >= 15 is 0 Å². The quantitative estimate of drug-likeness (QED) is 0.189. The van der Waals surface area contributed by atoms with Crippen LogP contribution in [0.1, 0.15) is 5.69 Å². The third kappa shape index (κ3) is 5.25. The number of hydrogen-bond acceptors (Lipinski definition) is 9. The number of pyridine rings is 1. The van der Waals surface area contributed by atoms with Crippen molar-refractivity contribution in [1.29, 1.82) is 0 Å². The molecule has 4 heterocycles. The summed E-state index contributed by atoms with van der Waals surface area (Å²) < 4.78 is 2.30. The molecule has 0 saturated heterocycles. The number of carbonyl (C=O) groups excluding carboxylic acids is 1. The van der Waals surface area contributed by atoms with Crippen molar-refractivity contribution in [2.24, 2.45) is 5.16 Å². The zero-order valence-corrected chi connectivity index (χ0v) is 20.3. The highest BCUT2D eigenvalue weighted by atomic mass is 32.1. The summed E-state index contributed by atoms with van der Waals surface area (Å²) in [5, 5.41) is 21.1. The van der Waals surface area contributed by atoms with Gasteiger partial charge in [0, 0.05) is 10.3 Å². The molecule has 12 heteroatoms. The Bertz CT molecular complexity index is 1370. The molecule has 8 nitrogen and oxygen atoms in total. The van der Waals surface area contributed by atoms with E-state index in [-0.39, 0.29) is 29.0 Å². The molecular formula is C21H16N4O4S4. The second-order valence-corrected chi connectivity index (χ2v) is 9.69. The molecule has 4 aromatic rings. The van der Waals surface area contributed by atoms with Crippen molar-refractivity contribution in [3.8, 4) is 21.0 Å². The minimum Gasteiger partial charge on any atom is -0.476 e. The van der Waals surface area contributed by atoms with Gasteiger partial charge in [0.05, 0.1) is 10.6 Å². The van der Waals surface area contributed by atoms with Gasteiger partial charge in [-0.25, -0.2) is 9.78 Å². The Morgan fingerprint density at radius 2 is 1.91 bits per heavy atom. The van der Waals surface area contributed by atoms with Gasteiger partial charge in [0.25, 0.3) is 0 Å². The van der Waals surface area contributed by atoms with E-state index in [1.54, 1.807) is 27.2 Å². The number of amides is 1. The highest BCUT2D eigenvalue weighted by Crippen LogP contribution is 2.32. The van der Waals surface area contributed by atoms with E-state index in [1.165, 1.54) is 12.5 Å². The van der Waals surface area contributed by atoms with Crippen molar-refractivity contribution in [3.05, 3.63) is 62.9 Å². The molecule has 0 aromatic carbocycles. The molecule has 0 aliphatic rings. The summed E-state index contributed by atoms with van der Waals surface area (Å²) in [4.78, 5) is 34.9. The van der Waals surface area contributed by atoms with E-state index in [1.807, 2.05) is 47.2 Å². The molecule has 0 aliphatic carbocycles. The van der Waals surface area contributed by atoms with Gasteiger partial charge in [0.1, 0.15) is 24.0 Å². The second kappa shape index (κ2) is 10.2. The number of oxime groups is 1. The van der Waals surface area contributed by atoms with Crippen LogP contribution in [-0.2, 0) is 21.0 Å². The summed E-state index contributed by atoms with van der Waals surface area (Å²) in [5.41, 5.74) is 1.59. The van der Waals surface area contributed by atoms with Gasteiger partial charge >= 0.3 is 5.97 Å². The van der Waals surface area contributed by atoms with Gasteiger partial charge in [-0.15, -0.1) is 34.0 Å². The van der Waals surface area contributed by atoms with Gasteiger partial charge in [0.15, 0.2) is 5.13 Å². The molecule has 0 unspecified atom stereocenters.